The molecule has 8 nitrogen and oxygen atoms in total. The number of anilines is 1. The Bertz CT molecular complexity index is 1190. The van der Waals surface area contributed by atoms with Crippen molar-refractivity contribution in [3.63, 3.8) is 0 Å². The van der Waals surface area contributed by atoms with E-state index in [0.717, 1.165) is 19.6 Å². The molecule has 0 unspecified atom stereocenters. The standard InChI is InChI=1S/C24H31N3O5S/c1-6-27(7-2)13-12-25-24-19-14-21(31-4)22(32-5)15-20(19)26-16-23(24)33(28,29)18-10-8-17(30-3)9-11-18/h8-11,14-16H,6-7,12-13H2,1-5H3,(H,25,26). The predicted molar refractivity (Wildman–Crippen MR) is 130 cm³/mol. The van der Waals surface area contributed by atoms with Crippen molar-refractivity contribution < 1.29 is 22.6 Å². The van der Waals surface area contributed by atoms with Gasteiger partial charge < -0.3 is 24.4 Å². The van der Waals surface area contributed by atoms with Crippen LogP contribution in [0.4, 0.5) is 5.69 Å². The van der Waals surface area contributed by atoms with Gasteiger partial charge in [0.15, 0.2) is 11.5 Å². The van der Waals surface area contributed by atoms with E-state index in [2.05, 4.69) is 29.0 Å². The second-order valence-corrected chi connectivity index (χ2v) is 9.27. The number of sulfone groups is 1. The third-order valence-electron chi connectivity index (χ3n) is 5.62. The van der Waals surface area contributed by atoms with Crippen LogP contribution in [0.15, 0.2) is 52.4 Å². The van der Waals surface area contributed by atoms with Gasteiger partial charge in [-0.3, -0.25) is 4.98 Å². The SMILES string of the molecule is CCN(CC)CCNc1c(S(=O)(=O)c2ccc(OC)cc2)cnc2cc(OC)c(OC)cc12. The fourth-order valence-corrected chi connectivity index (χ4v) is 5.04. The third kappa shape index (κ3) is 5.15. The van der Waals surface area contributed by atoms with E-state index in [9.17, 15) is 8.42 Å². The zero-order valence-electron chi connectivity index (χ0n) is 19.7. The first-order chi connectivity index (χ1) is 15.9. The maximum atomic E-state index is 13.6. The molecule has 0 aliphatic carbocycles. The van der Waals surface area contributed by atoms with Gasteiger partial charge in [-0.1, -0.05) is 13.8 Å². The highest BCUT2D eigenvalue weighted by Crippen LogP contribution is 2.38. The quantitative estimate of drug-likeness (QED) is 0.449. The number of benzene rings is 2. The van der Waals surface area contributed by atoms with Gasteiger partial charge in [0.25, 0.3) is 0 Å². The van der Waals surface area contributed by atoms with Crippen molar-refractivity contribution in [3.8, 4) is 17.2 Å². The first kappa shape index (κ1) is 24.6. The summed E-state index contributed by atoms with van der Waals surface area (Å²) in [4.78, 5) is 6.97. The van der Waals surface area contributed by atoms with Crippen molar-refractivity contribution in [1.29, 1.82) is 0 Å². The number of rotatable bonds is 11. The Hall–Kier alpha value is -3.04. The Labute approximate surface area is 195 Å². The van der Waals surface area contributed by atoms with E-state index < -0.39 is 9.84 Å². The van der Waals surface area contributed by atoms with Crippen LogP contribution in [0.3, 0.4) is 0 Å². The molecule has 0 spiro atoms. The van der Waals surface area contributed by atoms with E-state index in [1.807, 2.05) is 0 Å². The van der Waals surface area contributed by atoms with Gasteiger partial charge in [-0.2, -0.15) is 0 Å². The Balaban J connectivity index is 2.15. The molecule has 1 aromatic heterocycles. The molecule has 0 bridgehead atoms. The van der Waals surface area contributed by atoms with Gasteiger partial charge in [-0.25, -0.2) is 8.42 Å². The molecule has 1 heterocycles. The summed E-state index contributed by atoms with van der Waals surface area (Å²) >= 11 is 0. The van der Waals surface area contributed by atoms with Crippen molar-refractivity contribution in [3.05, 3.63) is 42.6 Å². The second kappa shape index (κ2) is 10.7. The minimum Gasteiger partial charge on any atom is -0.497 e. The molecule has 0 radical (unpaired) electrons. The first-order valence-electron chi connectivity index (χ1n) is 10.8. The van der Waals surface area contributed by atoms with Gasteiger partial charge in [0.05, 0.1) is 37.4 Å². The average molecular weight is 474 g/mol. The molecule has 178 valence electrons. The molecule has 2 aromatic carbocycles. The number of nitrogens with one attached hydrogen (secondary N) is 1. The van der Waals surface area contributed by atoms with E-state index in [-0.39, 0.29) is 9.79 Å². The van der Waals surface area contributed by atoms with E-state index in [4.69, 9.17) is 14.2 Å². The van der Waals surface area contributed by atoms with Crippen LogP contribution in [0.2, 0.25) is 0 Å². The summed E-state index contributed by atoms with van der Waals surface area (Å²) in [6.45, 7) is 7.37. The monoisotopic (exact) mass is 473 g/mol. The summed E-state index contributed by atoms with van der Waals surface area (Å²) < 4.78 is 43.2. The highest BCUT2D eigenvalue weighted by Gasteiger charge is 2.25. The molecule has 9 heteroatoms. The number of pyridine rings is 1. The molecule has 33 heavy (non-hydrogen) atoms. The predicted octanol–water partition coefficient (Wildman–Crippen LogP) is 3.85. The van der Waals surface area contributed by atoms with E-state index >= 15 is 0 Å². The summed E-state index contributed by atoms with van der Waals surface area (Å²) in [6, 6.07) is 9.83. The highest BCUT2D eigenvalue weighted by atomic mass is 32.2. The lowest BCUT2D eigenvalue weighted by atomic mass is 10.1. The number of aromatic nitrogens is 1. The van der Waals surface area contributed by atoms with Crippen LogP contribution in [0.5, 0.6) is 17.2 Å². The second-order valence-electron chi connectivity index (χ2n) is 7.35. The molecule has 0 fully saturated rings. The van der Waals surface area contributed by atoms with Gasteiger partial charge in [0.1, 0.15) is 10.6 Å². The molecule has 0 aliphatic heterocycles. The number of ether oxygens (including phenoxy) is 3. The Kier molecular flexibility index (Phi) is 7.99. The van der Waals surface area contributed by atoms with Crippen molar-refractivity contribution >= 4 is 26.4 Å². The summed E-state index contributed by atoms with van der Waals surface area (Å²) in [5, 5.41) is 4.00. The van der Waals surface area contributed by atoms with Crippen LogP contribution in [0.25, 0.3) is 10.9 Å². The largest absolute Gasteiger partial charge is 0.497 e. The third-order valence-corrected chi connectivity index (χ3v) is 7.40. The van der Waals surface area contributed by atoms with Crippen molar-refractivity contribution in [2.75, 3.05) is 52.8 Å². The van der Waals surface area contributed by atoms with Crippen LogP contribution < -0.4 is 19.5 Å². The number of fused-ring (bicyclic) bond motifs is 1. The van der Waals surface area contributed by atoms with Crippen LogP contribution >= 0.6 is 0 Å². The number of hydrogen-bond acceptors (Lipinski definition) is 8. The minimum absolute atomic E-state index is 0.104. The number of likely N-dealkylation sites (N-methyl/N-ethyl adjacent to an activating group) is 1. The molecule has 0 saturated carbocycles. The van der Waals surface area contributed by atoms with Gasteiger partial charge in [-0.05, 0) is 43.4 Å². The molecule has 3 aromatic rings. The van der Waals surface area contributed by atoms with Crippen molar-refractivity contribution in [2.24, 2.45) is 0 Å². The molecular weight excluding hydrogens is 442 g/mol. The smallest absolute Gasteiger partial charge is 0.210 e. The van der Waals surface area contributed by atoms with Gasteiger partial charge in [0.2, 0.25) is 9.84 Å². The van der Waals surface area contributed by atoms with Gasteiger partial charge >= 0.3 is 0 Å². The van der Waals surface area contributed by atoms with Gasteiger partial charge in [-0.15, -0.1) is 0 Å². The summed E-state index contributed by atoms with van der Waals surface area (Å²) in [6.07, 6.45) is 1.40. The topological polar surface area (TPSA) is 90.0 Å². The summed E-state index contributed by atoms with van der Waals surface area (Å²) in [7, 11) is 0.784. The molecule has 3 rings (SSSR count). The number of hydrogen-bond donors (Lipinski definition) is 1. The molecule has 0 saturated heterocycles. The lowest BCUT2D eigenvalue weighted by Crippen LogP contribution is -2.29. The fourth-order valence-electron chi connectivity index (χ4n) is 3.65. The van der Waals surface area contributed by atoms with E-state index in [0.29, 0.717) is 40.4 Å². The average Bonchev–Trinajstić information content (AvgIpc) is 2.85. The zero-order valence-corrected chi connectivity index (χ0v) is 20.5. The maximum absolute atomic E-state index is 13.6. The summed E-state index contributed by atoms with van der Waals surface area (Å²) in [5.41, 5.74) is 1.09. The van der Waals surface area contributed by atoms with Crippen LogP contribution in [0.1, 0.15) is 13.8 Å². The van der Waals surface area contributed by atoms with E-state index in [1.165, 1.54) is 25.4 Å². The van der Waals surface area contributed by atoms with Gasteiger partial charge in [0, 0.05) is 30.7 Å². The zero-order chi connectivity index (χ0) is 24.0. The van der Waals surface area contributed by atoms with Crippen LogP contribution in [0, 0.1) is 0 Å². The highest BCUT2D eigenvalue weighted by molar-refractivity contribution is 7.91. The maximum Gasteiger partial charge on any atom is 0.210 e. The fraction of sp³-hybridized carbons (Fsp3) is 0.375. The number of methoxy groups -OCH3 is 3. The molecule has 0 amide bonds. The van der Waals surface area contributed by atoms with Crippen molar-refractivity contribution in [2.45, 2.75) is 23.6 Å². The molecular formula is C24H31N3O5S. The van der Waals surface area contributed by atoms with Crippen molar-refractivity contribution in [1.82, 2.24) is 9.88 Å². The Morgan fingerprint density at radius 3 is 2.15 bits per heavy atom. The first-order valence-corrected chi connectivity index (χ1v) is 12.3. The minimum atomic E-state index is -3.85. The molecule has 0 atom stereocenters. The Morgan fingerprint density at radius 2 is 1.58 bits per heavy atom. The van der Waals surface area contributed by atoms with Crippen LogP contribution in [-0.4, -0.2) is 65.8 Å². The van der Waals surface area contributed by atoms with E-state index in [1.54, 1.807) is 38.5 Å². The lowest BCUT2D eigenvalue weighted by Gasteiger charge is -2.21. The molecule has 1 N–H and O–H groups in total. The lowest BCUT2D eigenvalue weighted by molar-refractivity contribution is 0.316. The summed E-state index contributed by atoms with van der Waals surface area (Å²) in [5.74, 6) is 1.61. The Morgan fingerprint density at radius 1 is 0.939 bits per heavy atom. The molecule has 0 aliphatic rings. The number of nitrogens with zero attached hydrogens (tertiary/aromatic N) is 2. The normalized spacial score (nSPS) is 11.6. The van der Waals surface area contributed by atoms with Crippen LogP contribution in [-0.2, 0) is 9.84 Å².